The monoisotopic (exact) mass is 293 g/mol. The van der Waals surface area contributed by atoms with Crippen LogP contribution in [0.3, 0.4) is 0 Å². The van der Waals surface area contributed by atoms with Crippen molar-refractivity contribution in [2.24, 2.45) is 0 Å². The average molecular weight is 294 g/mol. The molecule has 19 heavy (non-hydrogen) atoms. The molecule has 0 heterocycles. The van der Waals surface area contributed by atoms with Gasteiger partial charge in [0, 0.05) is 16.1 Å². The first-order valence-corrected chi connectivity index (χ1v) is 7.03. The highest BCUT2D eigenvalue weighted by Gasteiger charge is 2.13. The third-order valence-corrected chi connectivity index (χ3v) is 3.75. The highest BCUT2D eigenvalue weighted by Crippen LogP contribution is 2.25. The maximum absolute atomic E-state index is 6.03. The Kier molecular flexibility index (Phi) is 4.87. The Morgan fingerprint density at radius 1 is 1.05 bits per heavy atom. The second-order valence-electron chi connectivity index (χ2n) is 4.68. The summed E-state index contributed by atoms with van der Waals surface area (Å²) in [7, 11) is 1.98. The summed E-state index contributed by atoms with van der Waals surface area (Å²) in [6, 6.07) is 14.3. The summed E-state index contributed by atoms with van der Waals surface area (Å²) in [5.74, 6) is 0. The van der Waals surface area contributed by atoms with Crippen LogP contribution >= 0.6 is 23.2 Å². The normalized spacial score (nSPS) is 12.4. The topological polar surface area (TPSA) is 12.0 Å². The number of hydrogen-bond donors (Lipinski definition) is 1. The van der Waals surface area contributed by atoms with Gasteiger partial charge < -0.3 is 5.32 Å². The first kappa shape index (κ1) is 14.4. The predicted molar refractivity (Wildman–Crippen MR) is 83.1 cm³/mol. The number of likely N-dealkylation sites (N-methyl/N-ethyl adjacent to an activating group) is 1. The van der Waals surface area contributed by atoms with E-state index < -0.39 is 0 Å². The molecule has 0 radical (unpaired) electrons. The van der Waals surface area contributed by atoms with Gasteiger partial charge in [-0.3, -0.25) is 0 Å². The minimum absolute atomic E-state index is 0.260. The number of hydrogen-bond acceptors (Lipinski definition) is 1. The van der Waals surface area contributed by atoms with Crippen molar-refractivity contribution in [3.05, 3.63) is 69.2 Å². The van der Waals surface area contributed by atoms with Crippen LogP contribution < -0.4 is 5.32 Å². The van der Waals surface area contributed by atoms with E-state index >= 15 is 0 Å². The number of halogens is 2. The largest absolute Gasteiger partial charge is 0.313 e. The molecule has 0 fully saturated rings. The summed E-state index contributed by atoms with van der Waals surface area (Å²) in [5, 5.41) is 4.92. The van der Waals surface area contributed by atoms with Crippen LogP contribution in [-0.2, 0) is 6.42 Å². The number of rotatable bonds is 4. The summed E-state index contributed by atoms with van der Waals surface area (Å²) in [5.41, 5.74) is 3.70. The minimum Gasteiger partial charge on any atom is -0.313 e. The van der Waals surface area contributed by atoms with E-state index in [4.69, 9.17) is 23.2 Å². The number of aryl methyl sites for hydroxylation is 1. The van der Waals surface area contributed by atoms with Gasteiger partial charge in [0.25, 0.3) is 0 Å². The van der Waals surface area contributed by atoms with E-state index in [2.05, 4.69) is 24.4 Å². The van der Waals surface area contributed by atoms with Gasteiger partial charge in [-0.1, -0.05) is 41.4 Å². The summed E-state index contributed by atoms with van der Waals surface area (Å²) in [4.78, 5) is 0. The highest BCUT2D eigenvalue weighted by atomic mass is 35.5. The number of nitrogens with one attached hydrogen (secondary N) is 1. The standard InChI is InChI=1S/C16H17Cl2N/c1-11-8-14(18)6-7-15(11)16(19-2)10-12-4-3-5-13(17)9-12/h3-9,16,19H,10H2,1-2H3. The third kappa shape index (κ3) is 3.73. The van der Waals surface area contributed by atoms with Crippen LogP contribution in [0, 0.1) is 6.92 Å². The van der Waals surface area contributed by atoms with E-state index in [1.165, 1.54) is 16.7 Å². The molecule has 1 unspecified atom stereocenters. The summed E-state index contributed by atoms with van der Waals surface area (Å²) >= 11 is 12.0. The molecule has 1 atom stereocenters. The fourth-order valence-corrected chi connectivity index (χ4v) is 2.74. The second kappa shape index (κ2) is 6.42. The van der Waals surface area contributed by atoms with Crippen molar-refractivity contribution in [1.29, 1.82) is 0 Å². The maximum atomic E-state index is 6.03. The van der Waals surface area contributed by atoms with Gasteiger partial charge in [0.15, 0.2) is 0 Å². The second-order valence-corrected chi connectivity index (χ2v) is 5.55. The molecule has 0 aliphatic rings. The average Bonchev–Trinajstić information content (AvgIpc) is 2.37. The van der Waals surface area contributed by atoms with Crippen LogP contribution in [0.5, 0.6) is 0 Å². The van der Waals surface area contributed by atoms with Gasteiger partial charge in [-0.2, -0.15) is 0 Å². The van der Waals surface area contributed by atoms with E-state index in [0.29, 0.717) is 0 Å². The van der Waals surface area contributed by atoms with Crippen LogP contribution in [0.25, 0.3) is 0 Å². The van der Waals surface area contributed by atoms with Gasteiger partial charge in [-0.25, -0.2) is 0 Å². The lowest BCUT2D eigenvalue weighted by molar-refractivity contribution is 0.589. The third-order valence-electron chi connectivity index (χ3n) is 3.28. The van der Waals surface area contributed by atoms with Gasteiger partial charge >= 0.3 is 0 Å². The van der Waals surface area contributed by atoms with Crippen LogP contribution in [0.2, 0.25) is 10.0 Å². The lowest BCUT2D eigenvalue weighted by atomic mass is 9.95. The zero-order valence-corrected chi connectivity index (χ0v) is 12.6. The molecule has 2 aromatic carbocycles. The van der Waals surface area contributed by atoms with Crippen molar-refractivity contribution in [1.82, 2.24) is 5.32 Å². The molecule has 100 valence electrons. The van der Waals surface area contributed by atoms with Gasteiger partial charge in [0.05, 0.1) is 0 Å². The van der Waals surface area contributed by atoms with Crippen LogP contribution in [-0.4, -0.2) is 7.05 Å². The Balaban J connectivity index is 2.25. The highest BCUT2D eigenvalue weighted by molar-refractivity contribution is 6.30. The molecule has 2 aromatic rings. The molecule has 1 nitrogen and oxygen atoms in total. The lowest BCUT2D eigenvalue weighted by Crippen LogP contribution is -2.19. The molecule has 0 aliphatic carbocycles. The molecule has 0 spiro atoms. The Morgan fingerprint density at radius 2 is 1.79 bits per heavy atom. The van der Waals surface area contributed by atoms with Crippen molar-refractivity contribution in [3.63, 3.8) is 0 Å². The molecule has 0 amide bonds. The fraction of sp³-hybridized carbons (Fsp3) is 0.250. The Bertz CT molecular complexity index is 566. The van der Waals surface area contributed by atoms with Gasteiger partial charge in [0.1, 0.15) is 0 Å². The van der Waals surface area contributed by atoms with E-state index in [9.17, 15) is 0 Å². The Morgan fingerprint density at radius 3 is 2.42 bits per heavy atom. The SMILES string of the molecule is CNC(Cc1cccc(Cl)c1)c1ccc(Cl)cc1C. The first-order chi connectivity index (χ1) is 9.10. The lowest BCUT2D eigenvalue weighted by Gasteiger charge is -2.19. The molecule has 1 N–H and O–H groups in total. The molecule has 0 aliphatic heterocycles. The molecule has 0 saturated heterocycles. The van der Waals surface area contributed by atoms with Crippen molar-refractivity contribution in [2.75, 3.05) is 7.05 Å². The molecular weight excluding hydrogens is 277 g/mol. The van der Waals surface area contributed by atoms with Crippen LogP contribution in [0.4, 0.5) is 0 Å². The number of benzene rings is 2. The minimum atomic E-state index is 0.260. The molecule has 0 saturated carbocycles. The van der Waals surface area contributed by atoms with Crippen molar-refractivity contribution >= 4 is 23.2 Å². The van der Waals surface area contributed by atoms with Crippen LogP contribution in [0.1, 0.15) is 22.7 Å². The van der Waals surface area contributed by atoms with Gasteiger partial charge in [-0.05, 0) is 61.3 Å². The predicted octanol–water partition coefficient (Wildman–Crippen LogP) is 4.81. The summed E-state index contributed by atoms with van der Waals surface area (Å²) in [6.45, 7) is 2.09. The van der Waals surface area contributed by atoms with Gasteiger partial charge in [0.2, 0.25) is 0 Å². The zero-order chi connectivity index (χ0) is 13.8. The van der Waals surface area contributed by atoms with Gasteiger partial charge in [-0.15, -0.1) is 0 Å². The quantitative estimate of drug-likeness (QED) is 0.853. The molecule has 2 rings (SSSR count). The summed E-state index contributed by atoms with van der Waals surface area (Å²) < 4.78 is 0. The zero-order valence-electron chi connectivity index (χ0n) is 11.1. The fourth-order valence-electron chi connectivity index (χ4n) is 2.30. The molecular formula is C16H17Cl2N. The molecule has 0 aromatic heterocycles. The van der Waals surface area contributed by atoms with Crippen molar-refractivity contribution in [3.8, 4) is 0 Å². The molecule has 3 heteroatoms. The molecule has 0 bridgehead atoms. The van der Waals surface area contributed by atoms with E-state index in [1.54, 1.807) is 0 Å². The summed E-state index contributed by atoms with van der Waals surface area (Å²) in [6.07, 6.45) is 0.902. The van der Waals surface area contributed by atoms with Crippen LogP contribution in [0.15, 0.2) is 42.5 Å². The van der Waals surface area contributed by atoms with E-state index in [1.807, 2.05) is 37.4 Å². The maximum Gasteiger partial charge on any atom is 0.0408 e. The van der Waals surface area contributed by atoms with E-state index in [-0.39, 0.29) is 6.04 Å². The Labute approximate surface area is 124 Å². The Hall–Kier alpha value is -1.02. The smallest absolute Gasteiger partial charge is 0.0408 e. The first-order valence-electron chi connectivity index (χ1n) is 6.28. The van der Waals surface area contributed by atoms with Crippen molar-refractivity contribution < 1.29 is 0 Å². The van der Waals surface area contributed by atoms with Crippen molar-refractivity contribution in [2.45, 2.75) is 19.4 Å². The van der Waals surface area contributed by atoms with E-state index in [0.717, 1.165) is 16.5 Å².